The third-order valence-corrected chi connectivity index (χ3v) is 7.40. The van der Waals surface area contributed by atoms with Gasteiger partial charge in [-0.1, -0.05) is 54.1 Å². The minimum absolute atomic E-state index is 0.00667. The van der Waals surface area contributed by atoms with Crippen LogP contribution in [0.3, 0.4) is 0 Å². The molecule has 1 aliphatic rings. The van der Waals surface area contributed by atoms with E-state index >= 15 is 0 Å². The summed E-state index contributed by atoms with van der Waals surface area (Å²) in [6.07, 6.45) is 1.21. The topological polar surface area (TPSA) is 62.3 Å². The van der Waals surface area contributed by atoms with E-state index in [2.05, 4.69) is 5.32 Å². The Kier molecular flexibility index (Phi) is 6.63. The maximum absolute atomic E-state index is 13.5. The van der Waals surface area contributed by atoms with Gasteiger partial charge in [0.2, 0.25) is 11.8 Å². The van der Waals surface area contributed by atoms with Crippen molar-refractivity contribution in [2.24, 2.45) is 0 Å². The van der Waals surface area contributed by atoms with Crippen molar-refractivity contribution >= 4 is 34.8 Å². The van der Waals surface area contributed by atoms with Crippen molar-refractivity contribution in [3.05, 3.63) is 75.1 Å². The Labute approximate surface area is 197 Å². The lowest BCUT2D eigenvalue weighted by Gasteiger charge is -2.40. The number of carbonyl (C=O) groups is 2. The fraction of sp³-hybridized carbons (Fsp3) is 0.320. The number of halogens is 1. The summed E-state index contributed by atoms with van der Waals surface area (Å²) in [5.74, 6) is 0.0489. The van der Waals surface area contributed by atoms with Gasteiger partial charge in [0, 0.05) is 35.5 Å². The lowest BCUT2D eigenvalue weighted by molar-refractivity contribution is -0.135. The molecule has 5 nitrogen and oxygen atoms in total. The molecule has 1 aromatic heterocycles. The number of amides is 2. The number of likely N-dealkylation sites (tertiary alicyclic amines) is 1. The van der Waals surface area contributed by atoms with Crippen LogP contribution in [0.5, 0.6) is 0 Å². The molecular formula is C25H26ClN3O2S. The fourth-order valence-electron chi connectivity index (χ4n) is 4.33. The first-order chi connectivity index (χ1) is 15.4. The van der Waals surface area contributed by atoms with Gasteiger partial charge in [-0.3, -0.25) is 9.59 Å². The number of benzene rings is 2. The smallest absolute Gasteiger partial charge is 0.231 e. The van der Waals surface area contributed by atoms with Gasteiger partial charge in [-0.15, -0.1) is 11.3 Å². The second kappa shape index (κ2) is 9.43. The Balaban J connectivity index is 1.52. The van der Waals surface area contributed by atoms with Crippen LogP contribution < -0.4 is 5.32 Å². The highest BCUT2D eigenvalue weighted by Crippen LogP contribution is 2.36. The van der Waals surface area contributed by atoms with Gasteiger partial charge in [0.1, 0.15) is 5.01 Å². The third kappa shape index (κ3) is 4.57. The second-order valence-electron chi connectivity index (χ2n) is 8.16. The summed E-state index contributed by atoms with van der Waals surface area (Å²) in [5, 5.41) is 4.69. The molecule has 1 saturated heterocycles. The summed E-state index contributed by atoms with van der Waals surface area (Å²) in [5.41, 5.74) is 2.29. The highest BCUT2D eigenvalue weighted by Gasteiger charge is 2.43. The van der Waals surface area contributed by atoms with Crippen LogP contribution in [0.15, 0.2) is 54.6 Å². The number of nitrogens with one attached hydrogen (secondary N) is 1. The van der Waals surface area contributed by atoms with Crippen molar-refractivity contribution in [1.82, 2.24) is 15.2 Å². The number of hydrogen-bond acceptors (Lipinski definition) is 4. The van der Waals surface area contributed by atoms with Crippen LogP contribution in [-0.2, 0) is 21.5 Å². The van der Waals surface area contributed by atoms with Crippen molar-refractivity contribution < 1.29 is 9.59 Å². The average molecular weight is 468 g/mol. The zero-order valence-electron chi connectivity index (χ0n) is 18.2. The molecular weight excluding hydrogens is 442 g/mol. The van der Waals surface area contributed by atoms with Crippen molar-refractivity contribution in [1.29, 1.82) is 0 Å². The quantitative estimate of drug-likeness (QED) is 0.576. The minimum Gasteiger partial charge on any atom is -0.349 e. The number of aryl methyl sites for hydroxylation is 1. The molecule has 166 valence electrons. The molecule has 7 heteroatoms. The molecule has 0 radical (unpaired) electrons. The maximum atomic E-state index is 13.5. The van der Waals surface area contributed by atoms with Crippen LogP contribution in [0, 0.1) is 6.92 Å². The molecule has 2 aromatic carbocycles. The molecule has 1 N–H and O–H groups in total. The molecule has 3 aromatic rings. The van der Waals surface area contributed by atoms with E-state index in [4.69, 9.17) is 16.6 Å². The van der Waals surface area contributed by atoms with Gasteiger partial charge in [0.25, 0.3) is 0 Å². The van der Waals surface area contributed by atoms with Gasteiger partial charge in [-0.25, -0.2) is 4.98 Å². The Hall–Kier alpha value is -2.70. The first-order valence-electron chi connectivity index (χ1n) is 10.7. The van der Waals surface area contributed by atoms with Gasteiger partial charge in [0.15, 0.2) is 0 Å². The van der Waals surface area contributed by atoms with E-state index in [0.717, 1.165) is 26.7 Å². The van der Waals surface area contributed by atoms with Gasteiger partial charge in [0.05, 0.1) is 17.7 Å². The number of carbonyl (C=O) groups excluding carboxylic acids is 2. The predicted molar refractivity (Wildman–Crippen MR) is 129 cm³/mol. The van der Waals surface area contributed by atoms with Crippen LogP contribution in [0.2, 0.25) is 5.02 Å². The Bertz CT molecular complexity index is 1100. The van der Waals surface area contributed by atoms with E-state index in [9.17, 15) is 9.59 Å². The van der Waals surface area contributed by atoms with E-state index in [1.54, 1.807) is 18.3 Å². The predicted octanol–water partition coefficient (Wildman–Crippen LogP) is 4.97. The summed E-state index contributed by atoms with van der Waals surface area (Å²) in [4.78, 5) is 33.0. The molecule has 0 saturated carbocycles. The molecule has 1 aliphatic heterocycles. The summed E-state index contributed by atoms with van der Waals surface area (Å²) in [7, 11) is 0. The summed E-state index contributed by atoms with van der Waals surface area (Å²) in [6, 6.07) is 17.5. The van der Waals surface area contributed by atoms with Crippen molar-refractivity contribution in [2.75, 3.05) is 13.1 Å². The Morgan fingerprint density at radius 2 is 1.75 bits per heavy atom. The van der Waals surface area contributed by atoms with E-state index in [-0.39, 0.29) is 11.8 Å². The molecule has 1 fully saturated rings. The number of rotatable bonds is 5. The Morgan fingerprint density at radius 3 is 2.38 bits per heavy atom. The highest BCUT2D eigenvalue weighted by atomic mass is 35.5. The first-order valence-corrected chi connectivity index (χ1v) is 11.9. The van der Waals surface area contributed by atoms with Crippen LogP contribution in [-0.4, -0.2) is 34.8 Å². The average Bonchev–Trinajstić information content (AvgIpc) is 3.19. The lowest BCUT2D eigenvalue weighted by atomic mass is 9.72. The van der Waals surface area contributed by atoms with Crippen LogP contribution >= 0.6 is 22.9 Å². The van der Waals surface area contributed by atoms with Crippen molar-refractivity contribution in [3.8, 4) is 11.3 Å². The van der Waals surface area contributed by atoms with E-state index in [1.165, 1.54) is 0 Å². The van der Waals surface area contributed by atoms with E-state index in [1.807, 2.05) is 66.4 Å². The van der Waals surface area contributed by atoms with Crippen LogP contribution in [0.25, 0.3) is 11.3 Å². The number of hydrogen-bond donors (Lipinski definition) is 1. The summed E-state index contributed by atoms with van der Waals surface area (Å²) in [6.45, 7) is 5.15. The van der Waals surface area contributed by atoms with Gasteiger partial charge < -0.3 is 10.2 Å². The van der Waals surface area contributed by atoms with E-state index < -0.39 is 5.41 Å². The number of aromatic nitrogens is 1. The van der Waals surface area contributed by atoms with Crippen LogP contribution in [0.1, 0.15) is 35.2 Å². The largest absolute Gasteiger partial charge is 0.349 e. The number of nitrogens with zero attached hydrogens (tertiary/aromatic N) is 2. The molecule has 2 heterocycles. The zero-order chi connectivity index (χ0) is 22.7. The van der Waals surface area contributed by atoms with Gasteiger partial charge in [-0.2, -0.15) is 0 Å². The standard InChI is InChI=1S/C25H26ClN3O2S/c1-17-23(19-8-10-21(26)11-9-19)28-22(32-17)16-27-24(31)25(20-6-4-3-5-7-20)12-14-29(15-13-25)18(2)30/h3-11H,12-16H2,1-2H3,(H,27,31). The first kappa shape index (κ1) is 22.5. The molecule has 0 aliphatic carbocycles. The summed E-state index contributed by atoms with van der Waals surface area (Å²) >= 11 is 7.59. The second-order valence-corrected chi connectivity index (χ2v) is 9.88. The van der Waals surface area contributed by atoms with Gasteiger partial charge in [-0.05, 0) is 37.5 Å². The van der Waals surface area contributed by atoms with Crippen molar-refractivity contribution in [3.63, 3.8) is 0 Å². The zero-order valence-corrected chi connectivity index (χ0v) is 19.8. The molecule has 2 amide bonds. The van der Waals surface area contributed by atoms with Crippen LogP contribution in [0.4, 0.5) is 0 Å². The summed E-state index contributed by atoms with van der Waals surface area (Å²) < 4.78 is 0. The monoisotopic (exact) mass is 467 g/mol. The SMILES string of the molecule is CC(=O)N1CCC(C(=O)NCc2nc(-c3ccc(Cl)cc3)c(C)s2)(c2ccccc2)CC1. The number of piperidine rings is 1. The maximum Gasteiger partial charge on any atom is 0.231 e. The highest BCUT2D eigenvalue weighted by molar-refractivity contribution is 7.12. The van der Waals surface area contributed by atoms with E-state index in [0.29, 0.717) is 37.5 Å². The molecule has 0 atom stereocenters. The lowest BCUT2D eigenvalue weighted by Crippen LogP contribution is -2.52. The third-order valence-electron chi connectivity index (χ3n) is 6.18. The molecule has 0 spiro atoms. The fourth-order valence-corrected chi connectivity index (χ4v) is 5.36. The van der Waals surface area contributed by atoms with Gasteiger partial charge >= 0.3 is 0 Å². The molecule has 32 heavy (non-hydrogen) atoms. The molecule has 0 bridgehead atoms. The van der Waals surface area contributed by atoms with Crippen molar-refractivity contribution in [2.45, 2.75) is 38.6 Å². The normalized spacial score (nSPS) is 15.4. The Morgan fingerprint density at radius 1 is 1.09 bits per heavy atom. The minimum atomic E-state index is -0.640. The molecule has 4 rings (SSSR count). The number of thiazole rings is 1. The molecule has 0 unspecified atom stereocenters.